The fourth-order valence-corrected chi connectivity index (χ4v) is 2.22. The quantitative estimate of drug-likeness (QED) is 0.716. The first-order valence-electron chi connectivity index (χ1n) is 5.58. The van der Waals surface area contributed by atoms with E-state index in [2.05, 4.69) is 5.32 Å². The maximum Gasteiger partial charge on any atom is 0.328 e. The van der Waals surface area contributed by atoms with Crippen molar-refractivity contribution in [2.75, 3.05) is 0 Å². The lowest BCUT2D eigenvalue weighted by Crippen LogP contribution is -2.40. The lowest BCUT2D eigenvalue weighted by molar-refractivity contribution is -0.131. The maximum absolute atomic E-state index is 11.5. The molecule has 0 spiro atoms. The Morgan fingerprint density at radius 2 is 2.16 bits per heavy atom. The minimum Gasteiger partial charge on any atom is -0.478 e. The molecule has 7 heteroatoms. The molecular formula is C12H14N2O4S. The number of hydrogen-bond donors (Lipinski definition) is 3. The molecule has 1 heterocycles. The summed E-state index contributed by atoms with van der Waals surface area (Å²) < 4.78 is 0. The molecular weight excluding hydrogens is 268 g/mol. The van der Waals surface area contributed by atoms with E-state index in [4.69, 9.17) is 5.11 Å². The number of carboxylic acids is 1. The van der Waals surface area contributed by atoms with E-state index in [9.17, 15) is 14.4 Å². The molecule has 0 bridgehead atoms. The highest BCUT2D eigenvalue weighted by atomic mass is 32.1. The molecule has 0 radical (unpaired) electrons. The Morgan fingerprint density at radius 3 is 2.68 bits per heavy atom. The first-order chi connectivity index (χ1) is 9.02. The number of hydrogen-bond acceptors (Lipinski definition) is 4. The van der Waals surface area contributed by atoms with Gasteiger partial charge in [-0.1, -0.05) is 13.0 Å². The summed E-state index contributed by atoms with van der Waals surface area (Å²) in [5.74, 6) is -2.03. The van der Waals surface area contributed by atoms with Gasteiger partial charge in [-0.3, -0.25) is 10.1 Å². The largest absolute Gasteiger partial charge is 0.478 e. The molecule has 0 saturated heterocycles. The van der Waals surface area contributed by atoms with Crippen molar-refractivity contribution in [3.63, 3.8) is 0 Å². The monoisotopic (exact) mass is 282 g/mol. The Bertz CT molecular complexity index is 482. The average molecular weight is 282 g/mol. The second-order valence-corrected chi connectivity index (χ2v) is 4.59. The van der Waals surface area contributed by atoms with Gasteiger partial charge in [-0.2, -0.15) is 0 Å². The summed E-state index contributed by atoms with van der Waals surface area (Å²) in [7, 11) is 0. The van der Waals surface area contributed by atoms with Crippen LogP contribution in [-0.2, 0) is 9.59 Å². The standard InChI is InChI=1S/C12H14N2O4S/c1-2-8(9-4-3-7-19-9)13-12(18)14-10(15)5-6-11(16)17/h3-8H,2H2,1H3,(H,16,17)(H2,13,14,15,18)/b6-5+. The van der Waals surface area contributed by atoms with Crippen LogP contribution in [-0.4, -0.2) is 23.0 Å². The van der Waals surface area contributed by atoms with Crippen LogP contribution in [0.1, 0.15) is 24.3 Å². The van der Waals surface area contributed by atoms with E-state index < -0.39 is 17.9 Å². The fraction of sp³-hybridized carbons (Fsp3) is 0.250. The first-order valence-corrected chi connectivity index (χ1v) is 6.46. The second kappa shape index (κ2) is 7.32. The SMILES string of the molecule is CCC(NC(=O)NC(=O)/C=C/C(=O)O)c1cccs1. The van der Waals surface area contributed by atoms with Gasteiger partial charge >= 0.3 is 12.0 Å². The number of carbonyl (C=O) groups is 3. The van der Waals surface area contributed by atoms with Gasteiger partial charge in [-0.15, -0.1) is 11.3 Å². The van der Waals surface area contributed by atoms with Gasteiger partial charge in [-0.05, 0) is 17.9 Å². The minimum absolute atomic E-state index is 0.170. The molecule has 3 N–H and O–H groups in total. The molecule has 3 amide bonds. The van der Waals surface area contributed by atoms with Crippen LogP contribution in [0.2, 0.25) is 0 Å². The van der Waals surface area contributed by atoms with Crippen LogP contribution in [0.4, 0.5) is 4.79 Å². The summed E-state index contributed by atoms with van der Waals surface area (Å²) in [5, 5.41) is 14.9. The molecule has 1 rings (SSSR count). The van der Waals surface area contributed by atoms with Gasteiger partial charge in [0.25, 0.3) is 5.91 Å². The van der Waals surface area contributed by atoms with E-state index in [1.54, 1.807) is 0 Å². The molecule has 1 unspecified atom stereocenters. The number of aliphatic carboxylic acids is 1. The Hall–Kier alpha value is -2.15. The molecule has 0 aliphatic heterocycles. The van der Waals surface area contributed by atoms with E-state index in [0.29, 0.717) is 12.5 Å². The van der Waals surface area contributed by atoms with Crippen molar-refractivity contribution in [2.24, 2.45) is 0 Å². The van der Waals surface area contributed by atoms with E-state index in [-0.39, 0.29) is 6.04 Å². The van der Waals surface area contributed by atoms with Crippen LogP contribution in [0, 0.1) is 0 Å². The molecule has 0 aliphatic carbocycles. The molecule has 0 aliphatic rings. The van der Waals surface area contributed by atoms with Gasteiger partial charge in [0.1, 0.15) is 0 Å². The number of nitrogens with one attached hydrogen (secondary N) is 2. The summed E-state index contributed by atoms with van der Waals surface area (Å²) in [6, 6.07) is 2.95. The fourth-order valence-electron chi connectivity index (χ4n) is 1.36. The van der Waals surface area contributed by atoms with Crippen LogP contribution in [0.25, 0.3) is 0 Å². The van der Waals surface area contributed by atoms with Crippen molar-refractivity contribution in [1.29, 1.82) is 0 Å². The van der Waals surface area contributed by atoms with Crippen molar-refractivity contribution in [3.8, 4) is 0 Å². The van der Waals surface area contributed by atoms with E-state index >= 15 is 0 Å². The summed E-state index contributed by atoms with van der Waals surface area (Å²) in [6.07, 6.45) is 2.14. The first kappa shape index (κ1) is 14.9. The third-order valence-electron chi connectivity index (χ3n) is 2.21. The van der Waals surface area contributed by atoms with Crippen molar-refractivity contribution in [2.45, 2.75) is 19.4 Å². The van der Waals surface area contributed by atoms with Crippen molar-refractivity contribution < 1.29 is 19.5 Å². The Morgan fingerprint density at radius 1 is 1.42 bits per heavy atom. The molecule has 102 valence electrons. The molecule has 19 heavy (non-hydrogen) atoms. The van der Waals surface area contributed by atoms with Gasteiger partial charge in [0.2, 0.25) is 0 Å². The van der Waals surface area contributed by atoms with Crippen molar-refractivity contribution in [3.05, 3.63) is 34.5 Å². The molecule has 6 nitrogen and oxygen atoms in total. The van der Waals surface area contributed by atoms with E-state index in [1.807, 2.05) is 29.8 Å². The lowest BCUT2D eigenvalue weighted by atomic mass is 10.2. The van der Waals surface area contributed by atoms with Gasteiger partial charge in [0.05, 0.1) is 6.04 Å². The van der Waals surface area contributed by atoms with Gasteiger partial charge in [0, 0.05) is 17.0 Å². The third-order valence-corrected chi connectivity index (χ3v) is 3.20. The highest BCUT2D eigenvalue weighted by molar-refractivity contribution is 7.10. The zero-order valence-corrected chi connectivity index (χ0v) is 11.1. The average Bonchev–Trinajstić information content (AvgIpc) is 2.87. The van der Waals surface area contributed by atoms with Gasteiger partial charge in [-0.25, -0.2) is 9.59 Å². The summed E-state index contributed by atoms with van der Waals surface area (Å²) >= 11 is 1.51. The third kappa shape index (κ3) is 5.35. The van der Waals surface area contributed by atoms with Crippen LogP contribution in [0.15, 0.2) is 29.7 Å². The van der Waals surface area contributed by atoms with Crippen molar-refractivity contribution in [1.82, 2.24) is 10.6 Å². The smallest absolute Gasteiger partial charge is 0.328 e. The minimum atomic E-state index is -1.25. The normalized spacial score (nSPS) is 12.1. The van der Waals surface area contributed by atoms with Gasteiger partial charge < -0.3 is 10.4 Å². The number of amides is 3. The number of urea groups is 1. The van der Waals surface area contributed by atoms with E-state index in [1.165, 1.54) is 11.3 Å². The second-order valence-electron chi connectivity index (χ2n) is 3.61. The Kier molecular flexibility index (Phi) is 5.74. The summed E-state index contributed by atoms with van der Waals surface area (Å²) in [5.41, 5.74) is 0. The number of imide groups is 1. The zero-order valence-electron chi connectivity index (χ0n) is 10.3. The van der Waals surface area contributed by atoms with Crippen LogP contribution in [0.5, 0.6) is 0 Å². The number of carbonyl (C=O) groups excluding carboxylic acids is 2. The highest BCUT2D eigenvalue weighted by Crippen LogP contribution is 2.21. The molecule has 0 aromatic carbocycles. The number of thiophene rings is 1. The number of carboxylic acid groups (broad SMARTS) is 1. The highest BCUT2D eigenvalue weighted by Gasteiger charge is 2.14. The van der Waals surface area contributed by atoms with Gasteiger partial charge in [0.15, 0.2) is 0 Å². The predicted molar refractivity (Wildman–Crippen MR) is 70.8 cm³/mol. The molecule has 1 atom stereocenters. The zero-order chi connectivity index (χ0) is 14.3. The molecule has 1 aromatic rings. The summed E-state index contributed by atoms with van der Waals surface area (Å²) in [4.78, 5) is 33.9. The maximum atomic E-state index is 11.5. The van der Waals surface area contributed by atoms with Crippen LogP contribution in [0.3, 0.4) is 0 Å². The van der Waals surface area contributed by atoms with Crippen molar-refractivity contribution >= 4 is 29.2 Å². The topological polar surface area (TPSA) is 95.5 Å². The Labute approximate surface area is 114 Å². The summed E-state index contributed by atoms with van der Waals surface area (Å²) in [6.45, 7) is 1.91. The molecule has 0 fully saturated rings. The van der Waals surface area contributed by atoms with E-state index in [0.717, 1.165) is 11.0 Å². The molecule has 1 aromatic heterocycles. The molecule has 0 saturated carbocycles. The van der Waals surface area contributed by atoms with Crippen LogP contribution < -0.4 is 10.6 Å². The lowest BCUT2D eigenvalue weighted by Gasteiger charge is -2.15. The Balaban J connectivity index is 2.50. The predicted octanol–water partition coefficient (Wildman–Crippen LogP) is 1.67. The number of rotatable bonds is 5. The van der Waals surface area contributed by atoms with Crippen LogP contribution >= 0.6 is 11.3 Å².